The van der Waals surface area contributed by atoms with Crippen LogP contribution >= 0.6 is 11.6 Å². The fraction of sp³-hybridized carbons (Fsp3) is 0.375. The van der Waals surface area contributed by atoms with Crippen LogP contribution in [-0.4, -0.2) is 23.9 Å². The molecule has 0 bridgehead atoms. The number of nitrogens with zero attached hydrogens (tertiary/aromatic N) is 2. The Morgan fingerprint density at radius 1 is 1.48 bits per heavy atom. The second kappa shape index (κ2) is 7.14. The van der Waals surface area contributed by atoms with E-state index >= 15 is 0 Å². The predicted molar refractivity (Wildman–Crippen MR) is 83.7 cm³/mol. The van der Waals surface area contributed by atoms with Crippen LogP contribution in [0.5, 0.6) is 0 Å². The number of hydrogen-bond acceptors (Lipinski definition) is 3. The second-order valence-corrected chi connectivity index (χ2v) is 5.77. The van der Waals surface area contributed by atoms with Crippen LogP contribution in [0.25, 0.3) is 0 Å². The molecule has 0 saturated carbocycles. The Morgan fingerprint density at radius 2 is 2.19 bits per heavy atom. The maximum absolute atomic E-state index is 12.1. The molecule has 2 rings (SSSR count). The van der Waals surface area contributed by atoms with Gasteiger partial charge in [-0.2, -0.15) is 5.26 Å². The molecule has 1 aliphatic rings. The fourth-order valence-corrected chi connectivity index (χ4v) is 2.43. The van der Waals surface area contributed by atoms with E-state index in [1.165, 1.54) is 0 Å². The normalized spacial score (nSPS) is 16.4. The summed E-state index contributed by atoms with van der Waals surface area (Å²) in [5.41, 5.74) is 0.699. The lowest BCUT2D eigenvalue weighted by molar-refractivity contribution is -0.112. The van der Waals surface area contributed by atoms with Gasteiger partial charge in [-0.05, 0) is 37.0 Å². The number of likely N-dealkylation sites (tertiary alicyclic amines) is 1. The summed E-state index contributed by atoms with van der Waals surface area (Å²) >= 11 is 5.87. The maximum atomic E-state index is 12.1. The molecule has 21 heavy (non-hydrogen) atoms. The number of hydrogen-bond donors (Lipinski definition) is 1. The largest absolute Gasteiger partial charge is 0.376 e. The topological polar surface area (TPSA) is 56.1 Å². The molecule has 1 aromatic rings. The molecule has 1 heterocycles. The number of nitriles is 1. The number of anilines is 1. The van der Waals surface area contributed by atoms with E-state index in [1.807, 2.05) is 11.0 Å². The van der Waals surface area contributed by atoms with Gasteiger partial charge in [0.05, 0.1) is 0 Å². The van der Waals surface area contributed by atoms with Crippen LogP contribution in [0, 0.1) is 17.2 Å². The molecule has 1 amide bonds. The highest BCUT2D eigenvalue weighted by Gasteiger charge is 2.16. The highest BCUT2D eigenvalue weighted by atomic mass is 35.5. The summed E-state index contributed by atoms with van der Waals surface area (Å²) in [5.74, 6) is 0.305. The molecule has 1 aromatic carbocycles. The fourth-order valence-electron chi connectivity index (χ4n) is 2.24. The molecule has 0 radical (unpaired) electrons. The van der Waals surface area contributed by atoms with Gasteiger partial charge in [0.2, 0.25) is 0 Å². The van der Waals surface area contributed by atoms with Crippen molar-refractivity contribution in [1.82, 2.24) is 4.90 Å². The molecule has 1 aliphatic heterocycles. The summed E-state index contributed by atoms with van der Waals surface area (Å²) in [6.45, 7) is 3.99. The molecular weight excluding hydrogens is 286 g/mol. The Labute approximate surface area is 130 Å². The lowest BCUT2D eigenvalue weighted by Gasteiger charge is -2.29. The third kappa shape index (κ3) is 4.51. The first kappa shape index (κ1) is 15.4. The van der Waals surface area contributed by atoms with Crippen LogP contribution in [0.3, 0.4) is 0 Å². The standard InChI is InChI=1S/C16H18ClN3O/c1-12-5-7-20(8-6-12)11-13(10-18)16(21)19-15-4-2-3-14(17)9-15/h2-4,9,11-12H,5-8H2,1H3,(H,19,21)/b13-11-. The smallest absolute Gasteiger partial charge is 0.267 e. The molecule has 5 heteroatoms. The van der Waals surface area contributed by atoms with Gasteiger partial charge in [-0.3, -0.25) is 4.79 Å². The van der Waals surface area contributed by atoms with Crippen LogP contribution in [0.1, 0.15) is 19.8 Å². The van der Waals surface area contributed by atoms with Gasteiger partial charge in [-0.1, -0.05) is 24.6 Å². The molecule has 110 valence electrons. The van der Waals surface area contributed by atoms with E-state index in [4.69, 9.17) is 11.6 Å². The molecule has 0 unspecified atom stereocenters. The number of amides is 1. The van der Waals surface area contributed by atoms with E-state index < -0.39 is 5.91 Å². The monoisotopic (exact) mass is 303 g/mol. The number of nitrogens with one attached hydrogen (secondary N) is 1. The number of rotatable bonds is 3. The van der Waals surface area contributed by atoms with Crippen molar-refractivity contribution in [3.05, 3.63) is 41.1 Å². The van der Waals surface area contributed by atoms with Crippen molar-refractivity contribution in [2.24, 2.45) is 5.92 Å². The SMILES string of the molecule is CC1CCN(/C=C(/C#N)C(=O)Nc2cccc(Cl)c2)CC1. The Morgan fingerprint density at radius 3 is 2.81 bits per heavy atom. The minimum Gasteiger partial charge on any atom is -0.376 e. The van der Waals surface area contributed by atoms with Crippen LogP contribution in [0.2, 0.25) is 5.02 Å². The zero-order valence-electron chi connectivity index (χ0n) is 12.0. The summed E-state index contributed by atoms with van der Waals surface area (Å²) in [6.07, 6.45) is 3.84. The summed E-state index contributed by atoms with van der Waals surface area (Å²) in [5, 5.41) is 12.4. The number of piperidine rings is 1. The van der Waals surface area contributed by atoms with Crippen molar-refractivity contribution in [2.45, 2.75) is 19.8 Å². The van der Waals surface area contributed by atoms with Gasteiger partial charge >= 0.3 is 0 Å². The summed E-state index contributed by atoms with van der Waals surface area (Å²) in [6, 6.07) is 8.84. The maximum Gasteiger partial charge on any atom is 0.267 e. The molecule has 1 saturated heterocycles. The predicted octanol–water partition coefficient (Wildman–Crippen LogP) is 3.42. The van der Waals surface area contributed by atoms with Gasteiger partial charge in [0.25, 0.3) is 5.91 Å². The first-order valence-corrected chi connectivity index (χ1v) is 7.39. The number of benzene rings is 1. The van der Waals surface area contributed by atoms with Gasteiger partial charge in [0, 0.05) is 30.0 Å². The van der Waals surface area contributed by atoms with Gasteiger partial charge < -0.3 is 10.2 Å². The summed E-state index contributed by atoms with van der Waals surface area (Å²) in [4.78, 5) is 14.2. The van der Waals surface area contributed by atoms with Crippen molar-refractivity contribution < 1.29 is 4.79 Å². The lowest BCUT2D eigenvalue weighted by Crippen LogP contribution is -2.29. The van der Waals surface area contributed by atoms with E-state index in [0.717, 1.165) is 25.9 Å². The van der Waals surface area contributed by atoms with E-state index in [-0.39, 0.29) is 5.57 Å². The van der Waals surface area contributed by atoms with Crippen molar-refractivity contribution in [3.8, 4) is 6.07 Å². The third-order valence-corrected chi connectivity index (χ3v) is 3.81. The quantitative estimate of drug-likeness (QED) is 0.687. The van der Waals surface area contributed by atoms with E-state index in [2.05, 4.69) is 12.2 Å². The average molecular weight is 304 g/mol. The van der Waals surface area contributed by atoms with Gasteiger partial charge in [-0.25, -0.2) is 0 Å². The molecule has 0 atom stereocenters. The third-order valence-electron chi connectivity index (χ3n) is 3.58. The molecule has 0 aromatic heterocycles. The minimum atomic E-state index is -0.404. The first-order chi connectivity index (χ1) is 10.1. The number of carbonyl (C=O) groups excluding carboxylic acids is 1. The zero-order chi connectivity index (χ0) is 15.2. The van der Waals surface area contributed by atoms with Gasteiger partial charge in [-0.15, -0.1) is 0 Å². The van der Waals surface area contributed by atoms with Crippen molar-refractivity contribution in [3.63, 3.8) is 0 Å². The van der Waals surface area contributed by atoms with E-state index in [0.29, 0.717) is 16.6 Å². The molecule has 1 N–H and O–H groups in total. The van der Waals surface area contributed by atoms with Gasteiger partial charge in [0.15, 0.2) is 0 Å². The molecule has 0 spiro atoms. The van der Waals surface area contributed by atoms with E-state index in [1.54, 1.807) is 30.5 Å². The van der Waals surface area contributed by atoms with Crippen molar-refractivity contribution in [1.29, 1.82) is 5.26 Å². The van der Waals surface area contributed by atoms with Crippen LogP contribution in [0.4, 0.5) is 5.69 Å². The van der Waals surface area contributed by atoms with Crippen LogP contribution < -0.4 is 5.32 Å². The summed E-state index contributed by atoms with van der Waals surface area (Å²) < 4.78 is 0. The Hall–Kier alpha value is -1.99. The Kier molecular flexibility index (Phi) is 5.24. The second-order valence-electron chi connectivity index (χ2n) is 5.34. The lowest BCUT2D eigenvalue weighted by atomic mass is 9.99. The molecule has 1 fully saturated rings. The molecule has 4 nitrogen and oxygen atoms in total. The van der Waals surface area contributed by atoms with Crippen LogP contribution in [0.15, 0.2) is 36.0 Å². The molecular formula is C16H18ClN3O. The first-order valence-electron chi connectivity index (χ1n) is 7.01. The number of carbonyl (C=O) groups is 1. The number of halogens is 1. The van der Waals surface area contributed by atoms with Crippen LogP contribution in [-0.2, 0) is 4.79 Å². The summed E-state index contributed by atoms with van der Waals surface area (Å²) in [7, 11) is 0. The zero-order valence-corrected chi connectivity index (χ0v) is 12.7. The van der Waals surface area contributed by atoms with Gasteiger partial charge in [0.1, 0.15) is 11.6 Å². The van der Waals surface area contributed by atoms with E-state index in [9.17, 15) is 10.1 Å². The highest BCUT2D eigenvalue weighted by molar-refractivity contribution is 6.31. The van der Waals surface area contributed by atoms with Crippen molar-refractivity contribution in [2.75, 3.05) is 18.4 Å². The molecule has 0 aliphatic carbocycles. The Bertz CT molecular complexity index is 583. The Balaban J connectivity index is 2.03. The average Bonchev–Trinajstić information content (AvgIpc) is 2.46. The van der Waals surface area contributed by atoms with Crippen molar-refractivity contribution >= 4 is 23.2 Å². The highest BCUT2D eigenvalue weighted by Crippen LogP contribution is 2.18. The minimum absolute atomic E-state index is 0.115.